The molecule has 98 valence electrons. The van der Waals surface area contributed by atoms with Crippen LogP contribution in [0.3, 0.4) is 0 Å². The average molecular weight is 284 g/mol. The molecule has 20 heavy (non-hydrogen) atoms. The van der Waals surface area contributed by atoms with Gasteiger partial charge in [-0.05, 0) is 35.7 Å². The molecule has 3 nitrogen and oxygen atoms in total. The number of aromatic hydroxyl groups is 1. The predicted octanol–water partition coefficient (Wildman–Crippen LogP) is 4.29. The molecular weight excluding hydrogens is 275 g/mol. The van der Waals surface area contributed by atoms with E-state index < -0.39 is 0 Å². The van der Waals surface area contributed by atoms with Crippen LogP contribution in [-0.2, 0) is 0 Å². The molecule has 5 heteroatoms. The molecular formula is C15H9FN2OS. The van der Waals surface area contributed by atoms with Gasteiger partial charge in [-0.2, -0.15) is 0 Å². The molecule has 2 N–H and O–H groups in total. The number of hydrogen-bond acceptors (Lipinski definition) is 3. The number of phenols is 1. The van der Waals surface area contributed by atoms with Crippen molar-refractivity contribution in [2.75, 3.05) is 0 Å². The maximum atomic E-state index is 13.2. The third kappa shape index (κ3) is 1.75. The second-order valence-corrected chi connectivity index (χ2v) is 5.66. The Bertz CT molecular complexity index is 864. The van der Waals surface area contributed by atoms with E-state index in [2.05, 4.69) is 9.97 Å². The van der Waals surface area contributed by atoms with Gasteiger partial charge in [0.25, 0.3) is 0 Å². The van der Waals surface area contributed by atoms with Gasteiger partial charge in [0.2, 0.25) is 0 Å². The van der Waals surface area contributed by atoms with Crippen LogP contribution < -0.4 is 0 Å². The molecule has 0 aliphatic carbocycles. The lowest BCUT2D eigenvalue weighted by molar-refractivity contribution is 0.476. The van der Waals surface area contributed by atoms with Crippen molar-refractivity contribution in [3.63, 3.8) is 0 Å². The molecule has 0 aliphatic rings. The van der Waals surface area contributed by atoms with Crippen molar-refractivity contribution in [1.29, 1.82) is 0 Å². The first-order chi connectivity index (χ1) is 9.69. The SMILES string of the molecule is Oc1ccc2nc(-c3cc4ccc(F)cc4s3)[nH]c2c1. The second kappa shape index (κ2) is 4.05. The van der Waals surface area contributed by atoms with Crippen LogP contribution in [0.1, 0.15) is 0 Å². The van der Waals surface area contributed by atoms with Gasteiger partial charge in [-0.25, -0.2) is 9.37 Å². The first kappa shape index (κ1) is 11.4. The van der Waals surface area contributed by atoms with Crippen LogP contribution in [0.25, 0.3) is 31.8 Å². The quantitative estimate of drug-likeness (QED) is 0.548. The second-order valence-electron chi connectivity index (χ2n) is 4.58. The minimum absolute atomic E-state index is 0.200. The lowest BCUT2D eigenvalue weighted by atomic mass is 10.2. The molecule has 0 fully saturated rings. The summed E-state index contributed by atoms with van der Waals surface area (Å²) >= 11 is 1.49. The smallest absolute Gasteiger partial charge is 0.148 e. The summed E-state index contributed by atoms with van der Waals surface area (Å²) < 4.78 is 14.1. The number of nitrogens with one attached hydrogen (secondary N) is 1. The Hall–Kier alpha value is -2.40. The van der Waals surface area contributed by atoms with Gasteiger partial charge < -0.3 is 10.1 Å². The Morgan fingerprint density at radius 2 is 2.00 bits per heavy atom. The van der Waals surface area contributed by atoms with Gasteiger partial charge in [0.1, 0.15) is 17.4 Å². The van der Waals surface area contributed by atoms with Crippen molar-refractivity contribution in [2.45, 2.75) is 0 Å². The lowest BCUT2D eigenvalue weighted by Crippen LogP contribution is -1.72. The molecule has 0 atom stereocenters. The number of thiophene rings is 1. The van der Waals surface area contributed by atoms with Gasteiger partial charge in [0.05, 0.1) is 15.9 Å². The molecule has 0 saturated heterocycles. The Labute approximate surface area is 117 Å². The van der Waals surface area contributed by atoms with Gasteiger partial charge in [-0.3, -0.25) is 0 Å². The summed E-state index contributed by atoms with van der Waals surface area (Å²) in [4.78, 5) is 8.61. The molecule has 0 radical (unpaired) electrons. The van der Waals surface area contributed by atoms with E-state index >= 15 is 0 Å². The number of aromatic nitrogens is 2. The van der Waals surface area contributed by atoms with E-state index in [4.69, 9.17) is 0 Å². The fourth-order valence-electron chi connectivity index (χ4n) is 2.24. The minimum atomic E-state index is -0.236. The Morgan fingerprint density at radius 1 is 1.10 bits per heavy atom. The maximum absolute atomic E-state index is 13.2. The highest BCUT2D eigenvalue weighted by Gasteiger charge is 2.10. The maximum Gasteiger partial charge on any atom is 0.148 e. The third-order valence-electron chi connectivity index (χ3n) is 3.18. The van der Waals surface area contributed by atoms with Crippen LogP contribution in [0.15, 0.2) is 42.5 Å². The van der Waals surface area contributed by atoms with Gasteiger partial charge in [0.15, 0.2) is 0 Å². The number of phenolic OH excluding ortho intramolecular Hbond substituents is 1. The molecule has 4 rings (SSSR count). The number of halogens is 1. The highest BCUT2D eigenvalue weighted by molar-refractivity contribution is 7.22. The topological polar surface area (TPSA) is 48.9 Å². The van der Waals surface area contributed by atoms with Gasteiger partial charge >= 0.3 is 0 Å². The molecule has 0 aliphatic heterocycles. The predicted molar refractivity (Wildman–Crippen MR) is 78.5 cm³/mol. The summed E-state index contributed by atoms with van der Waals surface area (Å²) in [5.41, 5.74) is 1.57. The molecule has 0 amide bonds. The summed E-state index contributed by atoms with van der Waals surface area (Å²) in [5, 5.41) is 10.5. The van der Waals surface area contributed by atoms with Gasteiger partial charge in [-0.15, -0.1) is 11.3 Å². The Morgan fingerprint density at radius 3 is 2.90 bits per heavy atom. The van der Waals surface area contributed by atoms with Gasteiger partial charge in [0, 0.05) is 10.8 Å². The number of imidazole rings is 1. The number of H-pyrrole nitrogens is 1. The van der Waals surface area contributed by atoms with Crippen molar-refractivity contribution in [2.24, 2.45) is 0 Å². The standard InChI is InChI=1S/C15H9FN2OS/c16-9-2-1-8-5-14(20-13(8)6-9)15-17-11-4-3-10(19)7-12(11)18-15/h1-7,19H,(H,17,18). The monoisotopic (exact) mass is 284 g/mol. The van der Waals surface area contributed by atoms with Crippen LogP contribution in [0.4, 0.5) is 4.39 Å². The molecule has 0 spiro atoms. The molecule has 2 heterocycles. The summed E-state index contributed by atoms with van der Waals surface area (Å²) in [7, 11) is 0. The number of hydrogen-bond donors (Lipinski definition) is 2. The molecule has 0 saturated carbocycles. The molecule has 2 aromatic heterocycles. The fourth-order valence-corrected chi connectivity index (χ4v) is 3.27. The number of rotatable bonds is 1. The van der Waals surface area contributed by atoms with Crippen molar-refractivity contribution >= 4 is 32.5 Å². The summed E-state index contributed by atoms with van der Waals surface area (Å²) in [6, 6.07) is 11.7. The van der Waals surface area contributed by atoms with E-state index in [-0.39, 0.29) is 11.6 Å². The third-order valence-corrected chi connectivity index (χ3v) is 4.29. The first-order valence-corrected chi connectivity index (χ1v) is 6.89. The van der Waals surface area contributed by atoms with Crippen LogP contribution in [0.2, 0.25) is 0 Å². The van der Waals surface area contributed by atoms with Crippen LogP contribution >= 0.6 is 11.3 Å². The largest absolute Gasteiger partial charge is 0.508 e. The average Bonchev–Trinajstić information content (AvgIpc) is 3.00. The zero-order chi connectivity index (χ0) is 13.7. The van der Waals surface area contributed by atoms with Crippen LogP contribution in [-0.4, -0.2) is 15.1 Å². The number of aromatic amines is 1. The number of nitrogens with zero attached hydrogens (tertiary/aromatic N) is 1. The van der Waals surface area contributed by atoms with Crippen molar-refractivity contribution in [3.05, 3.63) is 48.3 Å². The van der Waals surface area contributed by atoms with E-state index in [1.54, 1.807) is 24.3 Å². The number of fused-ring (bicyclic) bond motifs is 2. The normalized spacial score (nSPS) is 11.4. The van der Waals surface area contributed by atoms with Crippen LogP contribution in [0, 0.1) is 5.82 Å². The van der Waals surface area contributed by atoms with Crippen molar-refractivity contribution in [1.82, 2.24) is 9.97 Å². The van der Waals surface area contributed by atoms with E-state index in [1.165, 1.54) is 23.5 Å². The minimum Gasteiger partial charge on any atom is -0.508 e. The Balaban J connectivity index is 1.91. The van der Waals surface area contributed by atoms with Crippen LogP contribution in [0.5, 0.6) is 5.75 Å². The summed E-state index contributed by atoms with van der Waals surface area (Å²) in [6.07, 6.45) is 0. The zero-order valence-corrected chi connectivity index (χ0v) is 11.0. The summed E-state index contributed by atoms with van der Waals surface area (Å²) in [5.74, 6) is 0.693. The van der Waals surface area contributed by atoms with E-state index in [9.17, 15) is 9.50 Å². The van der Waals surface area contributed by atoms with E-state index in [0.29, 0.717) is 0 Å². The summed E-state index contributed by atoms with van der Waals surface area (Å²) in [6.45, 7) is 0. The van der Waals surface area contributed by atoms with Gasteiger partial charge in [-0.1, -0.05) is 6.07 Å². The van der Waals surface area contributed by atoms with E-state index in [0.717, 1.165) is 31.8 Å². The Kier molecular flexibility index (Phi) is 2.31. The highest BCUT2D eigenvalue weighted by Crippen LogP contribution is 2.33. The van der Waals surface area contributed by atoms with Crippen molar-refractivity contribution in [3.8, 4) is 16.5 Å². The van der Waals surface area contributed by atoms with E-state index in [1.807, 2.05) is 6.07 Å². The highest BCUT2D eigenvalue weighted by atomic mass is 32.1. The molecule has 0 bridgehead atoms. The molecule has 0 unspecified atom stereocenters. The molecule has 4 aromatic rings. The number of benzene rings is 2. The fraction of sp³-hybridized carbons (Fsp3) is 0. The molecule has 2 aromatic carbocycles. The van der Waals surface area contributed by atoms with Crippen molar-refractivity contribution < 1.29 is 9.50 Å². The lowest BCUT2D eigenvalue weighted by Gasteiger charge is -1.88. The zero-order valence-electron chi connectivity index (χ0n) is 10.2. The first-order valence-electron chi connectivity index (χ1n) is 6.07.